The van der Waals surface area contributed by atoms with E-state index in [1.165, 1.54) is 0 Å². The van der Waals surface area contributed by atoms with E-state index < -0.39 is 78.3 Å². The SMILES string of the molecule is C[C@@H]1[C@@H]2C(=C(N)C(F)F)C(=NCC(=O)N[C@@H](CC3CC(F)CC(F)C3)c3nc(C=N)c(N)cc3C3CCC4SCNC4C3)C(F)(F)[C@H]12. The Morgan fingerprint density at radius 1 is 1.23 bits per heavy atom. The van der Waals surface area contributed by atoms with Crippen molar-refractivity contribution in [2.75, 3.05) is 18.2 Å². The Kier molecular flexibility index (Phi) is 9.60. The van der Waals surface area contributed by atoms with Crippen molar-refractivity contribution in [3.05, 3.63) is 34.3 Å². The Morgan fingerprint density at radius 2 is 1.96 bits per heavy atom. The van der Waals surface area contributed by atoms with Crippen LogP contribution in [0.3, 0.4) is 0 Å². The maximum atomic E-state index is 15.3. The van der Waals surface area contributed by atoms with Gasteiger partial charge in [0.15, 0.2) is 0 Å². The number of pyridine rings is 1. The fraction of sp³-hybridized carbons (Fsp3) is 0.688. The summed E-state index contributed by atoms with van der Waals surface area (Å²) in [5.41, 5.74) is 11.2. The zero-order valence-electron chi connectivity index (χ0n) is 26.0. The molecule has 0 bridgehead atoms. The molecule has 1 saturated heterocycles. The highest BCUT2D eigenvalue weighted by molar-refractivity contribution is 8.00. The predicted octanol–water partition coefficient (Wildman–Crippen LogP) is 5.43. The van der Waals surface area contributed by atoms with Crippen LogP contribution in [0.15, 0.2) is 22.3 Å². The van der Waals surface area contributed by atoms with Gasteiger partial charge in [-0.25, -0.2) is 22.5 Å². The van der Waals surface area contributed by atoms with Crippen LogP contribution in [-0.4, -0.2) is 71.2 Å². The number of carbonyl (C=O) groups excluding carboxylic acids is 1. The number of alkyl halides is 6. The van der Waals surface area contributed by atoms with Crippen LogP contribution in [0.2, 0.25) is 0 Å². The standard InChI is InChI=1S/C32H41F6N7OS/c1-13-25-26(28(41)31(35)36)30(32(37,38)27(13)25)42-11-24(46)44-21(6-14-4-16(33)8-17(34)5-14)29-18(9-19(40)22(10-39)45-29)15-2-3-23-20(7-15)43-12-47-23/h9-10,13-17,20-21,23,25,27,31,39,43H,2-8,11-12,40-41H2,1H3,(H,44,46)/t13-,14?,15?,16?,17?,20?,21+,23?,25-,27-/m1/s1. The van der Waals surface area contributed by atoms with Crippen molar-refractivity contribution in [2.24, 2.45) is 34.4 Å². The Morgan fingerprint density at radius 3 is 2.64 bits per heavy atom. The smallest absolute Gasteiger partial charge is 0.293 e. The van der Waals surface area contributed by atoms with E-state index >= 15 is 8.78 Å². The molecule has 15 heteroatoms. The Bertz CT molecular complexity index is 1450. The molecule has 1 aromatic rings. The van der Waals surface area contributed by atoms with E-state index in [2.05, 4.69) is 20.6 Å². The molecule has 8 nitrogen and oxygen atoms in total. The van der Waals surface area contributed by atoms with Crippen molar-refractivity contribution in [2.45, 2.75) is 99.8 Å². The molecule has 1 amide bonds. The van der Waals surface area contributed by atoms with Gasteiger partial charge in [-0.2, -0.15) is 8.78 Å². The highest BCUT2D eigenvalue weighted by Crippen LogP contribution is 2.65. The molecule has 1 aromatic heterocycles. The molecule has 9 atom stereocenters. The van der Waals surface area contributed by atoms with Crippen molar-refractivity contribution in [1.29, 1.82) is 5.41 Å². The van der Waals surface area contributed by atoms with E-state index in [1.807, 2.05) is 11.8 Å². The molecule has 4 aliphatic carbocycles. The molecule has 4 saturated carbocycles. The number of rotatable bonds is 9. The van der Waals surface area contributed by atoms with Gasteiger partial charge in [-0.05, 0) is 67.9 Å². The van der Waals surface area contributed by atoms with Crippen molar-refractivity contribution in [3.8, 4) is 0 Å². The number of aliphatic imine (C=N–C) groups is 1. The predicted molar refractivity (Wildman–Crippen MR) is 170 cm³/mol. The average molecular weight is 686 g/mol. The molecule has 6 rings (SSSR count). The van der Waals surface area contributed by atoms with Crippen LogP contribution in [0.5, 0.6) is 0 Å². The molecule has 5 aliphatic rings. The van der Waals surface area contributed by atoms with Gasteiger partial charge in [0, 0.05) is 47.2 Å². The molecule has 5 fully saturated rings. The number of nitrogens with two attached hydrogens (primary N) is 2. The maximum absolute atomic E-state index is 15.3. The van der Waals surface area contributed by atoms with Crippen molar-refractivity contribution in [3.63, 3.8) is 0 Å². The Balaban J connectivity index is 1.32. The normalized spacial score (nSPS) is 36.9. The molecule has 5 unspecified atom stereocenters. The van der Waals surface area contributed by atoms with Gasteiger partial charge in [-0.1, -0.05) is 6.92 Å². The number of nitrogens with zero attached hydrogens (tertiary/aromatic N) is 2. The number of hydrogen-bond donors (Lipinski definition) is 5. The van der Waals surface area contributed by atoms with E-state index in [0.29, 0.717) is 10.9 Å². The third kappa shape index (κ3) is 6.62. The molecule has 7 N–H and O–H groups in total. The number of aromatic nitrogens is 1. The number of anilines is 1. The number of carbonyl (C=O) groups is 1. The topological polar surface area (TPSA) is 142 Å². The summed E-state index contributed by atoms with van der Waals surface area (Å²) < 4.78 is 86.7. The van der Waals surface area contributed by atoms with Crippen LogP contribution in [0.1, 0.15) is 80.8 Å². The monoisotopic (exact) mass is 685 g/mol. The number of nitrogen functional groups attached to an aromatic ring is 1. The molecule has 258 valence electrons. The minimum absolute atomic E-state index is 0.00297. The van der Waals surface area contributed by atoms with Crippen LogP contribution in [0.4, 0.5) is 32.0 Å². The Hall–Kier alpha value is -2.81. The molecule has 0 radical (unpaired) electrons. The van der Waals surface area contributed by atoms with E-state index in [9.17, 15) is 22.4 Å². The lowest BCUT2D eigenvalue weighted by Gasteiger charge is -2.35. The summed E-state index contributed by atoms with van der Waals surface area (Å²) in [5.74, 6) is -6.54. The second kappa shape index (κ2) is 13.2. The second-order valence-electron chi connectivity index (χ2n) is 13.7. The maximum Gasteiger partial charge on any atom is 0.293 e. The fourth-order valence-electron chi connectivity index (χ4n) is 8.44. The Labute approximate surface area is 273 Å². The van der Waals surface area contributed by atoms with Crippen LogP contribution in [-0.2, 0) is 4.79 Å². The van der Waals surface area contributed by atoms with Gasteiger partial charge in [-0.15, -0.1) is 11.8 Å². The van der Waals surface area contributed by atoms with Gasteiger partial charge in [0.2, 0.25) is 5.91 Å². The zero-order valence-corrected chi connectivity index (χ0v) is 26.8. The second-order valence-corrected chi connectivity index (χ2v) is 15.0. The number of allylic oxidation sites excluding steroid dienone is 2. The summed E-state index contributed by atoms with van der Waals surface area (Å²) in [6.45, 7) is 0.743. The first-order chi connectivity index (χ1) is 22.3. The summed E-state index contributed by atoms with van der Waals surface area (Å²) in [7, 11) is 0. The molecular weight excluding hydrogens is 644 g/mol. The summed E-state index contributed by atoms with van der Waals surface area (Å²) in [4.78, 5) is 22.0. The lowest BCUT2D eigenvalue weighted by Crippen LogP contribution is -2.38. The summed E-state index contributed by atoms with van der Waals surface area (Å²) in [6.07, 6.45) is -2.25. The molecule has 0 aromatic carbocycles. The molecule has 1 aliphatic heterocycles. The van der Waals surface area contributed by atoms with Crippen molar-refractivity contribution < 1.29 is 31.1 Å². The molecular formula is C32H41F6N7OS. The fourth-order valence-corrected chi connectivity index (χ4v) is 9.70. The van der Waals surface area contributed by atoms with Crippen LogP contribution in [0.25, 0.3) is 0 Å². The summed E-state index contributed by atoms with van der Waals surface area (Å²) in [5, 5.41) is 14.7. The van der Waals surface area contributed by atoms with Crippen LogP contribution in [0, 0.1) is 29.1 Å². The first-order valence-corrected chi connectivity index (χ1v) is 17.3. The number of amides is 1. The lowest BCUT2D eigenvalue weighted by atomic mass is 9.77. The number of fused-ring (bicyclic) bond motifs is 2. The number of hydrogen-bond acceptors (Lipinski definition) is 8. The van der Waals surface area contributed by atoms with Gasteiger partial charge in [-0.3, -0.25) is 9.79 Å². The highest BCUT2D eigenvalue weighted by atomic mass is 32.2. The quantitative estimate of drug-likeness (QED) is 0.173. The van der Waals surface area contributed by atoms with Crippen LogP contribution >= 0.6 is 11.8 Å². The third-order valence-electron chi connectivity index (χ3n) is 10.7. The van der Waals surface area contributed by atoms with Crippen LogP contribution < -0.4 is 22.1 Å². The first-order valence-electron chi connectivity index (χ1n) is 16.2. The largest absolute Gasteiger partial charge is 0.397 e. The number of nitrogens with one attached hydrogen (secondary N) is 3. The van der Waals surface area contributed by atoms with E-state index in [1.54, 1.807) is 13.0 Å². The van der Waals surface area contributed by atoms with Gasteiger partial charge in [0.1, 0.15) is 30.3 Å². The number of halogens is 6. The molecule has 0 spiro atoms. The summed E-state index contributed by atoms with van der Waals surface area (Å²) >= 11 is 1.87. The molecule has 2 heterocycles. The number of thioether (sulfide) groups is 1. The molecule has 47 heavy (non-hydrogen) atoms. The van der Waals surface area contributed by atoms with E-state index in [0.717, 1.165) is 36.9 Å². The van der Waals surface area contributed by atoms with Gasteiger partial charge >= 0.3 is 0 Å². The van der Waals surface area contributed by atoms with Crippen molar-refractivity contribution in [1.82, 2.24) is 15.6 Å². The van der Waals surface area contributed by atoms with Crippen molar-refractivity contribution >= 4 is 35.3 Å². The van der Waals surface area contributed by atoms with E-state index in [4.69, 9.17) is 16.9 Å². The third-order valence-corrected chi connectivity index (χ3v) is 12.0. The van der Waals surface area contributed by atoms with Gasteiger partial charge < -0.3 is 27.5 Å². The highest BCUT2D eigenvalue weighted by Gasteiger charge is 2.72. The first kappa shape index (κ1) is 34.1. The van der Waals surface area contributed by atoms with Gasteiger partial charge in [0.25, 0.3) is 12.3 Å². The summed E-state index contributed by atoms with van der Waals surface area (Å²) in [6, 6.07) is 1.12. The lowest BCUT2D eigenvalue weighted by molar-refractivity contribution is -0.120. The van der Waals surface area contributed by atoms with E-state index in [-0.39, 0.29) is 54.6 Å². The zero-order chi connectivity index (χ0) is 33.8. The minimum atomic E-state index is -3.52. The van der Waals surface area contributed by atoms with Gasteiger partial charge in [0.05, 0.1) is 23.1 Å². The minimum Gasteiger partial charge on any atom is -0.397 e. The average Bonchev–Trinajstić information content (AvgIpc) is 3.35.